The highest BCUT2D eigenvalue weighted by molar-refractivity contribution is 5.30. The zero-order chi connectivity index (χ0) is 13.0. The van der Waals surface area contributed by atoms with Crippen LogP contribution >= 0.6 is 0 Å². The van der Waals surface area contributed by atoms with Gasteiger partial charge >= 0.3 is 0 Å². The number of halogens is 1. The van der Waals surface area contributed by atoms with Gasteiger partial charge < -0.3 is 15.2 Å². The first-order valence-corrected chi connectivity index (χ1v) is 6.37. The van der Waals surface area contributed by atoms with Crippen LogP contribution in [0, 0.1) is 11.7 Å². The molecule has 0 aliphatic heterocycles. The molecule has 100 valence electrons. The normalized spacial score (nSPS) is 16.6. The summed E-state index contributed by atoms with van der Waals surface area (Å²) in [5.41, 5.74) is 6.69. The van der Waals surface area contributed by atoms with E-state index in [1.54, 1.807) is 12.1 Å². The molecular formula is C14H20FNO2. The van der Waals surface area contributed by atoms with Gasteiger partial charge in [0.15, 0.2) is 11.6 Å². The highest BCUT2D eigenvalue weighted by Gasteiger charge is 2.20. The standard InChI is InChI=1S/C14H20FNO2/c1-17-14-5-4-11(8-12(14)15)13(16)9-18-7-6-10-2-3-10/h4-5,8,10,13H,2-3,6-7,9,16H2,1H3. The van der Waals surface area contributed by atoms with Crippen LogP contribution in [0.5, 0.6) is 5.75 Å². The summed E-state index contributed by atoms with van der Waals surface area (Å²) in [7, 11) is 1.44. The monoisotopic (exact) mass is 253 g/mol. The van der Waals surface area contributed by atoms with Crippen molar-refractivity contribution in [3.05, 3.63) is 29.6 Å². The maximum absolute atomic E-state index is 13.5. The van der Waals surface area contributed by atoms with Gasteiger partial charge in [0, 0.05) is 6.61 Å². The number of rotatable bonds is 7. The summed E-state index contributed by atoms with van der Waals surface area (Å²) in [6.07, 6.45) is 3.78. The fraction of sp³-hybridized carbons (Fsp3) is 0.571. The van der Waals surface area contributed by atoms with Gasteiger partial charge in [-0.15, -0.1) is 0 Å². The molecule has 1 aromatic rings. The predicted molar refractivity (Wildman–Crippen MR) is 68.0 cm³/mol. The molecule has 1 atom stereocenters. The van der Waals surface area contributed by atoms with Gasteiger partial charge in [0.1, 0.15) is 0 Å². The lowest BCUT2D eigenvalue weighted by molar-refractivity contribution is 0.115. The molecular weight excluding hydrogens is 233 g/mol. The summed E-state index contributed by atoms with van der Waals surface area (Å²) < 4.78 is 23.9. The van der Waals surface area contributed by atoms with Gasteiger partial charge in [0.2, 0.25) is 0 Å². The van der Waals surface area contributed by atoms with Crippen LogP contribution in [0.1, 0.15) is 30.9 Å². The van der Waals surface area contributed by atoms with Gasteiger partial charge in [-0.05, 0) is 30.0 Å². The fourth-order valence-corrected chi connectivity index (χ4v) is 1.88. The average Bonchev–Trinajstić information content (AvgIpc) is 3.18. The molecule has 18 heavy (non-hydrogen) atoms. The Labute approximate surface area is 107 Å². The third-order valence-electron chi connectivity index (χ3n) is 3.27. The second-order valence-corrected chi connectivity index (χ2v) is 4.81. The van der Waals surface area contributed by atoms with Crippen molar-refractivity contribution >= 4 is 0 Å². The van der Waals surface area contributed by atoms with Crippen LogP contribution in [0.3, 0.4) is 0 Å². The number of benzene rings is 1. The smallest absolute Gasteiger partial charge is 0.165 e. The Morgan fingerprint density at radius 2 is 2.22 bits per heavy atom. The summed E-state index contributed by atoms with van der Waals surface area (Å²) in [6.45, 7) is 1.18. The predicted octanol–water partition coefficient (Wildman–Crippen LogP) is 2.65. The first-order valence-electron chi connectivity index (χ1n) is 6.37. The number of ether oxygens (including phenoxy) is 2. The summed E-state index contributed by atoms with van der Waals surface area (Å²) >= 11 is 0. The third kappa shape index (κ3) is 3.68. The lowest BCUT2D eigenvalue weighted by Gasteiger charge is -2.13. The van der Waals surface area contributed by atoms with Crippen molar-refractivity contribution < 1.29 is 13.9 Å². The van der Waals surface area contributed by atoms with Crippen LogP contribution < -0.4 is 10.5 Å². The number of methoxy groups -OCH3 is 1. The van der Waals surface area contributed by atoms with E-state index in [2.05, 4.69) is 0 Å². The molecule has 0 heterocycles. The van der Waals surface area contributed by atoms with Gasteiger partial charge in [-0.1, -0.05) is 18.9 Å². The van der Waals surface area contributed by atoms with Crippen molar-refractivity contribution in [2.75, 3.05) is 20.3 Å². The molecule has 3 nitrogen and oxygen atoms in total. The Hall–Kier alpha value is -1.13. The van der Waals surface area contributed by atoms with Crippen LogP contribution in [0.2, 0.25) is 0 Å². The third-order valence-corrected chi connectivity index (χ3v) is 3.27. The van der Waals surface area contributed by atoms with Crippen LogP contribution in [-0.2, 0) is 4.74 Å². The first kappa shape index (κ1) is 13.3. The highest BCUT2D eigenvalue weighted by atomic mass is 19.1. The van der Waals surface area contributed by atoms with Crippen molar-refractivity contribution in [2.24, 2.45) is 11.7 Å². The van der Waals surface area contributed by atoms with E-state index in [4.69, 9.17) is 15.2 Å². The van der Waals surface area contributed by atoms with Gasteiger partial charge in [-0.3, -0.25) is 0 Å². The van der Waals surface area contributed by atoms with Crippen molar-refractivity contribution in [1.82, 2.24) is 0 Å². The molecule has 1 unspecified atom stereocenters. The molecule has 0 saturated heterocycles. The van der Waals surface area contributed by atoms with Gasteiger partial charge in [0.05, 0.1) is 19.8 Å². The lowest BCUT2D eigenvalue weighted by Crippen LogP contribution is -2.18. The molecule has 0 amide bonds. The molecule has 0 aromatic heterocycles. The van der Waals surface area contributed by atoms with Crippen LogP contribution in [0.25, 0.3) is 0 Å². The quantitative estimate of drug-likeness (QED) is 0.760. The van der Waals surface area contributed by atoms with Crippen molar-refractivity contribution in [3.63, 3.8) is 0 Å². The molecule has 1 fully saturated rings. The molecule has 1 aromatic carbocycles. The number of hydrogen-bond acceptors (Lipinski definition) is 3. The zero-order valence-electron chi connectivity index (χ0n) is 10.7. The maximum Gasteiger partial charge on any atom is 0.165 e. The van der Waals surface area contributed by atoms with E-state index < -0.39 is 0 Å². The zero-order valence-corrected chi connectivity index (χ0v) is 10.7. The molecule has 0 spiro atoms. The van der Waals surface area contributed by atoms with Crippen molar-refractivity contribution in [3.8, 4) is 5.75 Å². The molecule has 0 bridgehead atoms. The van der Waals surface area contributed by atoms with Crippen LogP contribution in [0.4, 0.5) is 4.39 Å². The van der Waals surface area contributed by atoms with E-state index in [1.807, 2.05) is 0 Å². The largest absolute Gasteiger partial charge is 0.494 e. The second kappa shape index (κ2) is 6.16. The van der Waals surface area contributed by atoms with Gasteiger partial charge in [-0.2, -0.15) is 0 Å². The van der Waals surface area contributed by atoms with E-state index in [0.29, 0.717) is 6.61 Å². The Bertz CT molecular complexity index is 393. The molecule has 4 heteroatoms. The van der Waals surface area contributed by atoms with Crippen molar-refractivity contribution in [1.29, 1.82) is 0 Å². The minimum absolute atomic E-state index is 0.237. The highest BCUT2D eigenvalue weighted by Crippen LogP contribution is 2.32. The SMILES string of the molecule is COc1ccc(C(N)COCCC2CC2)cc1F. The van der Waals surface area contributed by atoms with E-state index in [1.165, 1.54) is 26.0 Å². The van der Waals surface area contributed by atoms with E-state index >= 15 is 0 Å². The van der Waals surface area contributed by atoms with Crippen LogP contribution in [-0.4, -0.2) is 20.3 Å². The van der Waals surface area contributed by atoms with E-state index in [9.17, 15) is 4.39 Å². The lowest BCUT2D eigenvalue weighted by atomic mass is 10.1. The van der Waals surface area contributed by atoms with E-state index in [0.717, 1.165) is 24.5 Å². The minimum atomic E-state index is -0.386. The second-order valence-electron chi connectivity index (χ2n) is 4.81. The minimum Gasteiger partial charge on any atom is -0.494 e. The first-order chi connectivity index (χ1) is 8.70. The van der Waals surface area contributed by atoms with Gasteiger partial charge in [-0.25, -0.2) is 4.39 Å². The van der Waals surface area contributed by atoms with Crippen molar-refractivity contribution in [2.45, 2.75) is 25.3 Å². The average molecular weight is 253 g/mol. The molecule has 1 aliphatic carbocycles. The number of nitrogens with two attached hydrogens (primary N) is 1. The molecule has 2 N–H and O–H groups in total. The Kier molecular flexibility index (Phi) is 4.55. The fourth-order valence-electron chi connectivity index (χ4n) is 1.88. The number of hydrogen-bond donors (Lipinski definition) is 1. The summed E-state index contributed by atoms with van der Waals surface area (Å²) in [4.78, 5) is 0. The topological polar surface area (TPSA) is 44.5 Å². The Morgan fingerprint density at radius 1 is 1.44 bits per heavy atom. The molecule has 1 aliphatic rings. The summed E-state index contributed by atoms with van der Waals surface area (Å²) in [5, 5.41) is 0. The summed E-state index contributed by atoms with van der Waals surface area (Å²) in [5.74, 6) is 0.712. The molecule has 1 saturated carbocycles. The van der Waals surface area contributed by atoms with E-state index in [-0.39, 0.29) is 17.6 Å². The van der Waals surface area contributed by atoms with Gasteiger partial charge in [0.25, 0.3) is 0 Å². The van der Waals surface area contributed by atoms with Crippen LogP contribution in [0.15, 0.2) is 18.2 Å². The Balaban J connectivity index is 1.79. The Morgan fingerprint density at radius 3 is 2.83 bits per heavy atom. The maximum atomic E-state index is 13.5. The molecule has 2 rings (SSSR count). The summed E-state index contributed by atoms with van der Waals surface area (Å²) in [6, 6.07) is 4.49. The molecule has 0 radical (unpaired) electrons.